The summed E-state index contributed by atoms with van der Waals surface area (Å²) in [6, 6.07) is 13.2. The SMILES string of the molecule is O=C(c1cc(Cc2nncc3ccccc23)ccc1F)N1CC[C@@H](N2CCCCC2)C1. The lowest BCUT2D eigenvalue weighted by Gasteiger charge is -2.32. The summed E-state index contributed by atoms with van der Waals surface area (Å²) < 4.78 is 14.6. The Kier molecular flexibility index (Phi) is 5.64. The number of hydrogen-bond donors (Lipinski definition) is 0. The molecule has 0 bridgehead atoms. The van der Waals surface area contributed by atoms with Crippen molar-refractivity contribution in [2.24, 2.45) is 0 Å². The number of aromatic nitrogens is 2. The van der Waals surface area contributed by atoms with Gasteiger partial charge in [0.05, 0.1) is 17.5 Å². The molecule has 2 saturated heterocycles. The first-order valence-electron chi connectivity index (χ1n) is 11.2. The highest BCUT2D eigenvalue weighted by Gasteiger charge is 2.32. The minimum absolute atomic E-state index is 0.157. The first-order valence-corrected chi connectivity index (χ1v) is 11.2. The Morgan fingerprint density at radius 3 is 2.77 bits per heavy atom. The third kappa shape index (κ3) is 4.17. The number of benzene rings is 2. The van der Waals surface area contributed by atoms with Crippen molar-refractivity contribution in [1.82, 2.24) is 20.0 Å². The Labute approximate surface area is 181 Å². The zero-order valence-corrected chi connectivity index (χ0v) is 17.6. The molecule has 6 heteroatoms. The molecule has 1 atom stereocenters. The summed E-state index contributed by atoms with van der Waals surface area (Å²) in [6.45, 7) is 3.61. The second-order valence-corrected chi connectivity index (χ2v) is 8.66. The minimum atomic E-state index is -0.459. The smallest absolute Gasteiger partial charge is 0.256 e. The minimum Gasteiger partial charge on any atom is -0.337 e. The monoisotopic (exact) mass is 418 g/mol. The van der Waals surface area contributed by atoms with Gasteiger partial charge in [0.15, 0.2) is 0 Å². The highest BCUT2D eigenvalue weighted by Crippen LogP contribution is 2.24. The fourth-order valence-corrected chi connectivity index (χ4v) is 4.94. The molecule has 3 aromatic rings. The molecule has 0 radical (unpaired) electrons. The van der Waals surface area contributed by atoms with Gasteiger partial charge < -0.3 is 4.90 Å². The fourth-order valence-electron chi connectivity index (χ4n) is 4.94. The van der Waals surface area contributed by atoms with Crippen molar-refractivity contribution < 1.29 is 9.18 Å². The van der Waals surface area contributed by atoms with E-state index in [0.717, 1.165) is 41.5 Å². The van der Waals surface area contributed by atoms with Crippen LogP contribution < -0.4 is 0 Å². The van der Waals surface area contributed by atoms with Crippen LogP contribution in [0.25, 0.3) is 10.8 Å². The van der Waals surface area contributed by atoms with Gasteiger partial charge in [0.1, 0.15) is 5.82 Å². The van der Waals surface area contributed by atoms with Crippen molar-refractivity contribution in [2.75, 3.05) is 26.2 Å². The van der Waals surface area contributed by atoms with E-state index in [-0.39, 0.29) is 11.5 Å². The van der Waals surface area contributed by atoms with Gasteiger partial charge in [-0.3, -0.25) is 9.69 Å². The summed E-state index contributed by atoms with van der Waals surface area (Å²) in [6.07, 6.45) is 6.98. The van der Waals surface area contributed by atoms with Gasteiger partial charge in [0.25, 0.3) is 5.91 Å². The van der Waals surface area contributed by atoms with Crippen LogP contribution in [0.5, 0.6) is 0 Å². The standard InChI is InChI=1S/C25H27FN4O/c26-23-9-8-18(15-24-21-7-3-2-6-19(21)16-27-28-24)14-22(23)25(31)30-13-10-20(17-30)29-11-4-1-5-12-29/h2-3,6-9,14,16,20H,1,4-5,10-13,15,17H2/t20-/m1/s1. The molecule has 1 amide bonds. The Morgan fingerprint density at radius 1 is 1.06 bits per heavy atom. The van der Waals surface area contributed by atoms with Crippen LogP contribution >= 0.6 is 0 Å². The maximum absolute atomic E-state index is 14.6. The largest absolute Gasteiger partial charge is 0.337 e. The van der Waals surface area contributed by atoms with Crippen LogP contribution in [0.1, 0.15) is 47.3 Å². The summed E-state index contributed by atoms with van der Waals surface area (Å²) in [4.78, 5) is 17.5. The molecule has 2 aliphatic rings. The Morgan fingerprint density at radius 2 is 1.90 bits per heavy atom. The number of rotatable bonds is 4. The average molecular weight is 419 g/mol. The van der Waals surface area contributed by atoms with Gasteiger partial charge in [0.2, 0.25) is 0 Å². The molecule has 0 spiro atoms. The number of amides is 1. The van der Waals surface area contributed by atoms with E-state index in [1.165, 1.54) is 25.3 Å². The van der Waals surface area contributed by atoms with Gasteiger partial charge >= 0.3 is 0 Å². The van der Waals surface area contributed by atoms with Crippen LogP contribution in [0.3, 0.4) is 0 Å². The van der Waals surface area contributed by atoms with Crippen molar-refractivity contribution in [3.63, 3.8) is 0 Å². The molecule has 5 rings (SSSR count). The molecule has 3 heterocycles. The fraction of sp³-hybridized carbons (Fsp3) is 0.400. The predicted molar refractivity (Wildman–Crippen MR) is 118 cm³/mol. The number of fused-ring (bicyclic) bond motifs is 1. The quantitative estimate of drug-likeness (QED) is 0.641. The number of carbonyl (C=O) groups excluding carboxylic acids is 1. The van der Waals surface area contributed by atoms with E-state index in [1.54, 1.807) is 18.3 Å². The summed E-state index contributed by atoms with van der Waals surface area (Å²) >= 11 is 0. The maximum atomic E-state index is 14.6. The van der Waals surface area contributed by atoms with E-state index >= 15 is 0 Å². The topological polar surface area (TPSA) is 49.3 Å². The van der Waals surface area contributed by atoms with Gasteiger partial charge in [-0.15, -0.1) is 0 Å². The van der Waals surface area contributed by atoms with Gasteiger partial charge in [-0.1, -0.05) is 36.8 Å². The second kappa shape index (κ2) is 8.71. The lowest BCUT2D eigenvalue weighted by molar-refractivity contribution is 0.0767. The third-order valence-corrected chi connectivity index (χ3v) is 6.64. The van der Waals surface area contributed by atoms with E-state index in [0.29, 0.717) is 25.6 Å². The van der Waals surface area contributed by atoms with E-state index < -0.39 is 5.82 Å². The zero-order valence-electron chi connectivity index (χ0n) is 17.6. The van der Waals surface area contributed by atoms with E-state index in [9.17, 15) is 9.18 Å². The number of halogens is 1. The zero-order chi connectivity index (χ0) is 21.2. The predicted octanol–water partition coefficient (Wildman–Crippen LogP) is 4.06. The van der Waals surface area contributed by atoms with Crippen LogP contribution in [-0.2, 0) is 6.42 Å². The van der Waals surface area contributed by atoms with Crippen molar-refractivity contribution in [1.29, 1.82) is 0 Å². The molecule has 2 aromatic carbocycles. The summed E-state index contributed by atoms with van der Waals surface area (Å²) in [7, 11) is 0. The van der Waals surface area contributed by atoms with Crippen molar-refractivity contribution in [2.45, 2.75) is 38.1 Å². The summed E-state index contributed by atoms with van der Waals surface area (Å²) in [5.41, 5.74) is 1.85. The second-order valence-electron chi connectivity index (χ2n) is 8.66. The Bertz CT molecular complexity index is 1090. The van der Waals surface area contributed by atoms with Gasteiger partial charge in [-0.2, -0.15) is 10.2 Å². The van der Waals surface area contributed by atoms with Crippen LogP contribution in [-0.4, -0.2) is 58.1 Å². The van der Waals surface area contributed by atoms with E-state index in [2.05, 4.69) is 15.1 Å². The first kappa shape index (κ1) is 20.1. The lowest BCUT2D eigenvalue weighted by Crippen LogP contribution is -2.41. The van der Waals surface area contributed by atoms with Crippen molar-refractivity contribution in [3.8, 4) is 0 Å². The Balaban J connectivity index is 1.34. The normalized spacial score (nSPS) is 19.8. The molecular formula is C25H27FN4O. The molecule has 0 unspecified atom stereocenters. The summed E-state index contributed by atoms with van der Waals surface area (Å²) in [5, 5.41) is 10.4. The molecule has 0 aliphatic carbocycles. The Hall–Kier alpha value is -2.86. The van der Waals surface area contributed by atoms with Crippen LogP contribution in [0.15, 0.2) is 48.7 Å². The number of likely N-dealkylation sites (tertiary alicyclic amines) is 2. The number of nitrogens with zero attached hydrogens (tertiary/aromatic N) is 4. The van der Waals surface area contributed by atoms with E-state index in [4.69, 9.17) is 0 Å². The van der Waals surface area contributed by atoms with Crippen LogP contribution in [0, 0.1) is 5.82 Å². The average Bonchev–Trinajstić information content (AvgIpc) is 3.31. The highest BCUT2D eigenvalue weighted by molar-refractivity contribution is 5.95. The van der Waals surface area contributed by atoms with Crippen LogP contribution in [0.2, 0.25) is 0 Å². The van der Waals surface area contributed by atoms with Crippen LogP contribution in [0.4, 0.5) is 4.39 Å². The number of piperidine rings is 1. The lowest BCUT2D eigenvalue weighted by atomic mass is 10.0. The number of carbonyl (C=O) groups is 1. The molecule has 31 heavy (non-hydrogen) atoms. The molecular weight excluding hydrogens is 391 g/mol. The van der Waals surface area contributed by atoms with E-state index in [1.807, 2.05) is 29.2 Å². The number of hydrogen-bond acceptors (Lipinski definition) is 4. The van der Waals surface area contributed by atoms with Crippen molar-refractivity contribution in [3.05, 3.63) is 71.3 Å². The highest BCUT2D eigenvalue weighted by atomic mass is 19.1. The van der Waals surface area contributed by atoms with Gasteiger partial charge in [-0.25, -0.2) is 4.39 Å². The molecule has 1 aromatic heterocycles. The third-order valence-electron chi connectivity index (χ3n) is 6.64. The van der Waals surface area contributed by atoms with Crippen molar-refractivity contribution >= 4 is 16.7 Å². The molecule has 2 aliphatic heterocycles. The molecule has 5 nitrogen and oxygen atoms in total. The molecule has 2 fully saturated rings. The maximum Gasteiger partial charge on any atom is 0.256 e. The van der Waals surface area contributed by atoms with Gasteiger partial charge in [-0.05, 0) is 50.0 Å². The summed E-state index contributed by atoms with van der Waals surface area (Å²) in [5.74, 6) is -0.665. The molecule has 0 saturated carbocycles. The molecule has 0 N–H and O–H groups in total. The first-order chi connectivity index (χ1) is 15.2. The molecule has 160 valence electrons. The van der Waals surface area contributed by atoms with Gasteiger partial charge in [0, 0.05) is 36.3 Å².